The van der Waals surface area contributed by atoms with Crippen LogP contribution in [0.3, 0.4) is 0 Å². The molecule has 10 heteroatoms. The summed E-state index contributed by atoms with van der Waals surface area (Å²) in [6, 6.07) is 6.28. The van der Waals surface area contributed by atoms with Crippen LogP contribution in [-0.2, 0) is 11.2 Å². The number of nitrogens with one attached hydrogen (secondary N) is 2. The third kappa shape index (κ3) is 4.52. The summed E-state index contributed by atoms with van der Waals surface area (Å²) in [5.41, 5.74) is 2.85. The first kappa shape index (κ1) is 25.1. The fourth-order valence-corrected chi connectivity index (χ4v) is 4.97. The largest absolute Gasteiger partial charge is 0.492 e. The standard InChI is InChI=1S/C28H28FN5O4/c1-4-6-25(35)33-14-11-21(33)17(2)38-24-15-30-12-9-22(24)34-16-20(26-23(34)10-13-31-28(26)36)32-19-8-5-7-18(29)27(19)37-3/h5,7-9,12,15-17,21,32H,10-11,13-14H2,1-3H3,(H,31,36)/t17-,21-/m1/s1. The predicted octanol–water partition coefficient (Wildman–Crippen LogP) is 3.44. The SMILES string of the molecule is CC#CC(=O)N1CC[C@@H]1[C@@H](C)Oc1cnccc1-n1cc(Nc2cccc(F)c2OC)c2c1CCNC2=O. The van der Waals surface area contributed by atoms with E-state index in [1.165, 1.54) is 13.2 Å². The Morgan fingerprint density at radius 2 is 2.16 bits per heavy atom. The molecule has 0 spiro atoms. The van der Waals surface area contributed by atoms with Crippen LogP contribution in [0.1, 0.15) is 36.3 Å². The molecule has 0 radical (unpaired) electrons. The number of pyridine rings is 1. The van der Waals surface area contributed by atoms with E-state index in [0.29, 0.717) is 47.9 Å². The van der Waals surface area contributed by atoms with Gasteiger partial charge in [0.2, 0.25) is 0 Å². The fraction of sp³-hybridized carbons (Fsp3) is 0.321. The van der Waals surface area contributed by atoms with Gasteiger partial charge in [0.05, 0.1) is 42.0 Å². The molecule has 5 rings (SSSR count). The van der Waals surface area contributed by atoms with Gasteiger partial charge in [-0.25, -0.2) is 4.39 Å². The van der Waals surface area contributed by atoms with Crippen LogP contribution in [0.2, 0.25) is 0 Å². The van der Waals surface area contributed by atoms with Crippen molar-refractivity contribution in [1.82, 2.24) is 19.8 Å². The fourth-order valence-electron chi connectivity index (χ4n) is 4.97. The van der Waals surface area contributed by atoms with Gasteiger partial charge in [0.1, 0.15) is 6.10 Å². The molecule has 196 valence electrons. The van der Waals surface area contributed by atoms with Crippen molar-refractivity contribution in [2.75, 3.05) is 25.5 Å². The molecule has 38 heavy (non-hydrogen) atoms. The average Bonchev–Trinajstić information content (AvgIpc) is 3.23. The first-order valence-corrected chi connectivity index (χ1v) is 12.4. The number of rotatable bonds is 7. The molecule has 2 aliphatic rings. The highest BCUT2D eigenvalue weighted by Gasteiger charge is 2.37. The number of carbonyl (C=O) groups excluding carboxylic acids is 2. The maximum atomic E-state index is 14.3. The molecule has 4 heterocycles. The smallest absolute Gasteiger partial charge is 0.298 e. The van der Waals surface area contributed by atoms with Gasteiger partial charge in [-0.3, -0.25) is 14.6 Å². The first-order chi connectivity index (χ1) is 18.4. The number of aromatic nitrogens is 2. The lowest BCUT2D eigenvalue weighted by molar-refractivity contribution is -0.135. The number of fused-ring (bicyclic) bond motifs is 1. The molecule has 0 aliphatic carbocycles. The van der Waals surface area contributed by atoms with Gasteiger partial charge in [-0.15, -0.1) is 0 Å². The number of anilines is 2. The second kappa shape index (κ2) is 10.5. The number of amides is 2. The normalized spacial score (nSPS) is 16.8. The molecule has 2 amide bonds. The number of halogens is 1. The molecule has 0 saturated carbocycles. The van der Waals surface area contributed by atoms with Gasteiger partial charge in [0.25, 0.3) is 11.8 Å². The van der Waals surface area contributed by atoms with E-state index in [-0.39, 0.29) is 29.7 Å². The molecule has 2 aromatic heterocycles. The zero-order valence-electron chi connectivity index (χ0n) is 21.4. The summed E-state index contributed by atoms with van der Waals surface area (Å²) in [5.74, 6) is 4.87. The van der Waals surface area contributed by atoms with Gasteiger partial charge in [-0.2, -0.15) is 0 Å². The lowest BCUT2D eigenvalue weighted by Crippen LogP contribution is -2.57. The van der Waals surface area contributed by atoms with Gasteiger partial charge >= 0.3 is 0 Å². The molecule has 2 N–H and O–H groups in total. The summed E-state index contributed by atoms with van der Waals surface area (Å²) in [6.45, 7) is 4.68. The number of likely N-dealkylation sites (tertiary alicyclic amines) is 1. The summed E-state index contributed by atoms with van der Waals surface area (Å²) in [5, 5.41) is 6.06. The lowest BCUT2D eigenvalue weighted by Gasteiger charge is -2.43. The van der Waals surface area contributed by atoms with Crippen LogP contribution < -0.4 is 20.1 Å². The maximum Gasteiger partial charge on any atom is 0.298 e. The maximum absolute atomic E-state index is 14.3. The summed E-state index contributed by atoms with van der Waals surface area (Å²) in [6.07, 6.45) is 6.17. The molecular formula is C28H28FN5O4. The summed E-state index contributed by atoms with van der Waals surface area (Å²) in [4.78, 5) is 31.2. The zero-order valence-corrected chi connectivity index (χ0v) is 21.4. The van der Waals surface area contributed by atoms with E-state index in [2.05, 4.69) is 27.5 Å². The molecule has 1 fully saturated rings. The van der Waals surface area contributed by atoms with Crippen LogP contribution in [0.5, 0.6) is 11.5 Å². The highest BCUT2D eigenvalue weighted by molar-refractivity contribution is 6.03. The summed E-state index contributed by atoms with van der Waals surface area (Å²) < 4.78 is 27.8. The Hall–Kier alpha value is -4.52. The summed E-state index contributed by atoms with van der Waals surface area (Å²) in [7, 11) is 1.39. The molecule has 0 bridgehead atoms. The van der Waals surface area contributed by atoms with E-state index in [0.717, 1.165) is 12.1 Å². The Morgan fingerprint density at radius 3 is 2.89 bits per heavy atom. The molecule has 2 aliphatic heterocycles. The van der Waals surface area contributed by atoms with E-state index < -0.39 is 5.82 Å². The van der Waals surface area contributed by atoms with Gasteiger partial charge in [0, 0.05) is 37.6 Å². The molecule has 2 atom stereocenters. The number of benzene rings is 1. The quantitative estimate of drug-likeness (QED) is 0.466. The van der Waals surface area contributed by atoms with Crippen molar-refractivity contribution >= 4 is 23.2 Å². The van der Waals surface area contributed by atoms with E-state index in [1.807, 2.05) is 17.6 Å². The van der Waals surface area contributed by atoms with Crippen LogP contribution in [0.15, 0.2) is 42.9 Å². The third-order valence-electron chi connectivity index (χ3n) is 6.86. The minimum absolute atomic E-state index is 0.0549. The van der Waals surface area contributed by atoms with Gasteiger partial charge in [0.15, 0.2) is 17.3 Å². The van der Waals surface area contributed by atoms with Crippen LogP contribution >= 0.6 is 0 Å². The Bertz CT molecular complexity index is 1460. The minimum atomic E-state index is -0.512. The number of para-hydroxylation sites is 1. The molecule has 0 unspecified atom stereocenters. The van der Waals surface area contributed by atoms with E-state index in [1.54, 1.807) is 42.5 Å². The minimum Gasteiger partial charge on any atom is -0.492 e. The highest BCUT2D eigenvalue weighted by Crippen LogP contribution is 2.37. The highest BCUT2D eigenvalue weighted by atomic mass is 19.1. The van der Waals surface area contributed by atoms with Gasteiger partial charge in [-0.1, -0.05) is 12.0 Å². The number of methoxy groups -OCH3 is 1. The number of hydrogen-bond acceptors (Lipinski definition) is 6. The van der Waals surface area contributed by atoms with Crippen LogP contribution in [0.25, 0.3) is 5.69 Å². The van der Waals surface area contributed by atoms with E-state index in [9.17, 15) is 14.0 Å². The second-order valence-electron chi connectivity index (χ2n) is 9.08. The first-order valence-electron chi connectivity index (χ1n) is 12.4. The Morgan fingerprint density at radius 1 is 1.32 bits per heavy atom. The van der Waals surface area contributed by atoms with Crippen LogP contribution in [-0.4, -0.2) is 58.6 Å². The molecule has 9 nitrogen and oxygen atoms in total. The van der Waals surface area contributed by atoms with E-state index in [4.69, 9.17) is 9.47 Å². The average molecular weight is 518 g/mol. The molecular weight excluding hydrogens is 489 g/mol. The molecule has 3 aromatic rings. The lowest BCUT2D eigenvalue weighted by atomic mass is 9.98. The Balaban J connectivity index is 1.50. The van der Waals surface area contributed by atoms with Crippen molar-refractivity contribution in [1.29, 1.82) is 0 Å². The second-order valence-corrected chi connectivity index (χ2v) is 9.08. The van der Waals surface area contributed by atoms with Gasteiger partial charge < -0.3 is 29.6 Å². The number of nitrogens with zero attached hydrogens (tertiary/aromatic N) is 3. The third-order valence-corrected chi connectivity index (χ3v) is 6.86. The molecule has 1 saturated heterocycles. The van der Waals surface area contributed by atoms with Crippen molar-refractivity contribution < 1.29 is 23.5 Å². The van der Waals surface area contributed by atoms with Crippen molar-refractivity contribution in [3.8, 4) is 29.0 Å². The Labute approximate surface area is 219 Å². The molecule has 1 aromatic carbocycles. The van der Waals surface area contributed by atoms with Gasteiger partial charge in [-0.05, 0) is 44.4 Å². The predicted molar refractivity (Wildman–Crippen MR) is 139 cm³/mol. The van der Waals surface area contributed by atoms with Crippen LogP contribution in [0, 0.1) is 17.7 Å². The van der Waals surface area contributed by atoms with Crippen molar-refractivity contribution in [2.45, 2.75) is 38.8 Å². The van der Waals surface area contributed by atoms with Crippen molar-refractivity contribution in [3.63, 3.8) is 0 Å². The van der Waals surface area contributed by atoms with Crippen LogP contribution in [0.4, 0.5) is 15.8 Å². The summed E-state index contributed by atoms with van der Waals surface area (Å²) >= 11 is 0. The monoisotopic (exact) mass is 517 g/mol. The zero-order chi connectivity index (χ0) is 26.8. The van der Waals surface area contributed by atoms with Crippen molar-refractivity contribution in [3.05, 3.63) is 59.9 Å². The number of hydrogen-bond donors (Lipinski definition) is 2. The Kier molecular flexibility index (Phi) is 6.92. The number of carbonyl (C=O) groups is 2. The topological polar surface area (TPSA) is 97.7 Å². The van der Waals surface area contributed by atoms with E-state index >= 15 is 0 Å². The number of ether oxygens (including phenoxy) is 2. The van der Waals surface area contributed by atoms with Crippen molar-refractivity contribution in [2.24, 2.45) is 0 Å².